The van der Waals surface area contributed by atoms with Gasteiger partial charge in [0.2, 0.25) is 5.82 Å². The van der Waals surface area contributed by atoms with E-state index >= 15 is 0 Å². The third-order valence-corrected chi connectivity index (χ3v) is 3.77. The molecule has 0 amide bonds. The Morgan fingerprint density at radius 3 is 2.30 bits per heavy atom. The van der Waals surface area contributed by atoms with Crippen LogP contribution in [-0.4, -0.2) is 16.2 Å². The van der Waals surface area contributed by atoms with E-state index in [-0.39, 0.29) is 11.4 Å². The van der Waals surface area contributed by atoms with Gasteiger partial charge in [0.15, 0.2) is 34.7 Å². The van der Waals surface area contributed by atoms with Crippen LogP contribution < -0.4 is 5.43 Å². The summed E-state index contributed by atoms with van der Waals surface area (Å²) in [6.07, 6.45) is 1.67. The van der Waals surface area contributed by atoms with E-state index in [1.54, 1.807) is 24.3 Å². The van der Waals surface area contributed by atoms with Crippen LogP contribution in [0.1, 0.15) is 5.56 Å². The van der Waals surface area contributed by atoms with Crippen LogP contribution in [0.4, 0.5) is 27.8 Å². The average Bonchev–Trinajstić information content (AvgIpc) is 3.07. The molecule has 4 rings (SSSR count). The zero-order chi connectivity index (χ0) is 19.1. The van der Waals surface area contributed by atoms with Crippen molar-refractivity contribution in [2.75, 3.05) is 5.43 Å². The van der Waals surface area contributed by atoms with Gasteiger partial charge in [-0.2, -0.15) is 5.10 Å². The molecule has 0 aliphatic heterocycles. The van der Waals surface area contributed by atoms with E-state index in [2.05, 4.69) is 20.5 Å². The van der Waals surface area contributed by atoms with Crippen molar-refractivity contribution in [1.82, 2.24) is 9.97 Å². The molecule has 5 nitrogen and oxygen atoms in total. The molecule has 0 unspecified atom stereocenters. The highest BCUT2D eigenvalue weighted by molar-refractivity contribution is 6.05. The summed E-state index contributed by atoms with van der Waals surface area (Å²) in [5.41, 5.74) is 2.38. The van der Waals surface area contributed by atoms with Gasteiger partial charge in [0.25, 0.3) is 0 Å². The van der Waals surface area contributed by atoms with Crippen LogP contribution in [0.15, 0.2) is 40.1 Å². The van der Waals surface area contributed by atoms with Gasteiger partial charge in [0.1, 0.15) is 17.4 Å². The maximum Gasteiger partial charge on any atom is 0.200 e. The minimum atomic E-state index is -2.24. The molecule has 4 aromatic rings. The molecule has 2 heterocycles. The summed E-state index contributed by atoms with van der Waals surface area (Å²) in [5.74, 6) is -10.3. The average molecular weight is 378 g/mol. The predicted molar refractivity (Wildman–Crippen MR) is 86.8 cm³/mol. The molecule has 10 heteroatoms. The quantitative estimate of drug-likeness (QED) is 0.187. The molecule has 0 spiro atoms. The fraction of sp³-hybridized carbons (Fsp3) is 0. The van der Waals surface area contributed by atoms with Crippen molar-refractivity contribution in [3.63, 3.8) is 0 Å². The topological polar surface area (TPSA) is 63.3 Å². The highest BCUT2D eigenvalue weighted by atomic mass is 19.2. The van der Waals surface area contributed by atoms with Gasteiger partial charge in [-0.25, -0.2) is 31.9 Å². The molecule has 2 aromatic heterocycles. The molecule has 0 bridgehead atoms. The van der Waals surface area contributed by atoms with Crippen LogP contribution in [0, 0.1) is 29.1 Å². The summed E-state index contributed by atoms with van der Waals surface area (Å²) < 4.78 is 72.3. The number of hydrazone groups is 1. The Bertz CT molecular complexity index is 1190. The molecule has 0 aliphatic rings. The largest absolute Gasteiger partial charge is 0.450 e. The summed E-state index contributed by atoms with van der Waals surface area (Å²) in [6.45, 7) is 0. The first-order valence-electron chi connectivity index (χ1n) is 7.41. The summed E-state index contributed by atoms with van der Waals surface area (Å²) in [4.78, 5) is 8.00. The number of para-hydroxylation sites is 1. The van der Waals surface area contributed by atoms with E-state index in [0.29, 0.717) is 22.7 Å². The molecule has 0 aliphatic carbocycles. The van der Waals surface area contributed by atoms with E-state index in [1.807, 2.05) is 0 Å². The van der Waals surface area contributed by atoms with E-state index in [4.69, 9.17) is 4.42 Å². The number of nitrogens with one attached hydrogen (secondary N) is 1. The van der Waals surface area contributed by atoms with Crippen LogP contribution in [0.25, 0.3) is 22.1 Å². The van der Waals surface area contributed by atoms with E-state index < -0.39 is 34.6 Å². The van der Waals surface area contributed by atoms with Gasteiger partial charge < -0.3 is 4.42 Å². The number of furan rings is 1. The zero-order valence-electron chi connectivity index (χ0n) is 13.1. The van der Waals surface area contributed by atoms with Crippen molar-refractivity contribution in [2.45, 2.75) is 0 Å². The summed E-state index contributed by atoms with van der Waals surface area (Å²) in [6, 6.07) is 7.02. The molecule has 0 saturated heterocycles. The van der Waals surface area contributed by atoms with E-state index in [0.717, 1.165) is 0 Å². The van der Waals surface area contributed by atoms with E-state index in [1.165, 1.54) is 6.33 Å². The Labute approximate surface area is 147 Å². The Morgan fingerprint density at radius 1 is 0.889 bits per heavy atom. The molecular formula is C17H7F5N4O. The van der Waals surface area contributed by atoms with Gasteiger partial charge in [-0.1, -0.05) is 12.1 Å². The van der Waals surface area contributed by atoms with Crippen molar-refractivity contribution in [3.8, 4) is 0 Å². The first-order valence-corrected chi connectivity index (χ1v) is 7.41. The van der Waals surface area contributed by atoms with Crippen molar-refractivity contribution in [3.05, 3.63) is 65.2 Å². The third kappa shape index (κ3) is 2.65. The SMILES string of the molecule is Fc1c(F)c(F)c(/C=N\Nc2ncnc3c2oc2ccccc23)c(F)c1F. The van der Waals surface area contributed by atoms with E-state index in [9.17, 15) is 22.0 Å². The van der Waals surface area contributed by atoms with Crippen LogP contribution in [0.5, 0.6) is 0 Å². The lowest BCUT2D eigenvalue weighted by Gasteiger charge is -2.04. The Hall–Kier alpha value is -3.56. The molecule has 0 saturated carbocycles. The number of hydrogen-bond donors (Lipinski definition) is 1. The third-order valence-electron chi connectivity index (χ3n) is 3.77. The fourth-order valence-electron chi connectivity index (χ4n) is 2.50. The second kappa shape index (κ2) is 6.31. The van der Waals surface area contributed by atoms with Crippen LogP contribution in [0.3, 0.4) is 0 Å². The Kier molecular flexibility index (Phi) is 3.94. The van der Waals surface area contributed by atoms with Gasteiger partial charge in [-0.15, -0.1) is 0 Å². The van der Waals surface area contributed by atoms with Gasteiger partial charge in [-0.05, 0) is 12.1 Å². The minimum Gasteiger partial charge on any atom is -0.450 e. The fourth-order valence-corrected chi connectivity index (χ4v) is 2.50. The summed E-state index contributed by atoms with van der Waals surface area (Å²) in [5, 5.41) is 4.21. The second-order valence-corrected chi connectivity index (χ2v) is 5.35. The zero-order valence-corrected chi connectivity index (χ0v) is 13.1. The highest BCUT2D eigenvalue weighted by Gasteiger charge is 2.24. The highest BCUT2D eigenvalue weighted by Crippen LogP contribution is 2.30. The number of anilines is 1. The predicted octanol–water partition coefficient (Wildman–Crippen LogP) is 4.52. The molecule has 0 fully saturated rings. The number of rotatable bonds is 3. The molecule has 0 radical (unpaired) electrons. The smallest absolute Gasteiger partial charge is 0.200 e. The monoisotopic (exact) mass is 378 g/mol. The standard InChI is InChI=1S/C17H7F5N4O/c18-10-8(11(19)13(21)14(22)12(10)20)5-25-26-17-16-15(23-6-24-17)7-3-1-2-4-9(7)27-16/h1-6H,(H,23,24,26)/b25-5-. The first kappa shape index (κ1) is 16.9. The second-order valence-electron chi connectivity index (χ2n) is 5.35. The van der Waals surface area contributed by atoms with Crippen LogP contribution in [-0.2, 0) is 0 Å². The maximum atomic E-state index is 13.6. The van der Waals surface area contributed by atoms with Crippen molar-refractivity contribution < 1.29 is 26.4 Å². The van der Waals surface area contributed by atoms with Gasteiger partial charge in [-0.3, -0.25) is 5.43 Å². The van der Waals surface area contributed by atoms with Crippen molar-refractivity contribution in [2.24, 2.45) is 5.10 Å². The molecule has 136 valence electrons. The minimum absolute atomic E-state index is 0.0521. The van der Waals surface area contributed by atoms with Gasteiger partial charge in [0.05, 0.1) is 11.8 Å². The van der Waals surface area contributed by atoms with Gasteiger partial charge >= 0.3 is 0 Å². The number of benzene rings is 2. The molecule has 0 atom stereocenters. The number of hydrogen-bond acceptors (Lipinski definition) is 5. The lowest BCUT2D eigenvalue weighted by molar-refractivity contribution is 0.377. The summed E-state index contributed by atoms with van der Waals surface area (Å²) in [7, 11) is 0. The first-order chi connectivity index (χ1) is 13.0. The lowest BCUT2D eigenvalue weighted by Crippen LogP contribution is -2.07. The Morgan fingerprint density at radius 2 is 1.56 bits per heavy atom. The van der Waals surface area contributed by atoms with Crippen LogP contribution >= 0.6 is 0 Å². The molecule has 2 aromatic carbocycles. The van der Waals surface area contributed by atoms with Gasteiger partial charge in [0, 0.05) is 5.39 Å². The van der Waals surface area contributed by atoms with Crippen molar-refractivity contribution in [1.29, 1.82) is 0 Å². The summed E-state index contributed by atoms with van der Waals surface area (Å²) >= 11 is 0. The molecule has 27 heavy (non-hydrogen) atoms. The van der Waals surface area contributed by atoms with Crippen LogP contribution in [0.2, 0.25) is 0 Å². The normalized spacial score (nSPS) is 11.7. The van der Waals surface area contributed by atoms with Crippen molar-refractivity contribution >= 4 is 34.1 Å². The Balaban J connectivity index is 1.73. The number of aromatic nitrogens is 2. The maximum absolute atomic E-state index is 13.6. The number of nitrogens with zero attached hydrogens (tertiary/aromatic N) is 3. The number of halogens is 5. The number of fused-ring (bicyclic) bond motifs is 3. The molecular weight excluding hydrogens is 371 g/mol. The lowest BCUT2D eigenvalue weighted by atomic mass is 10.2. The molecule has 1 N–H and O–H groups in total.